The minimum atomic E-state index is -1.10. The summed E-state index contributed by atoms with van der Waals surface area (Å²) in [5, 5.41) is 21.9. The summed E-state index contributed by atoms with van der Waals surface area (Å²) in [5.74, 6) is -1.53. The molecule has 5 heteroatoms. The lowest BCUT2D eigenvalue weighted by atomic mass is 9.71. The second-order valence-electron chi connectivity index (χ2n) is 6.63. The highest BCUT2D eigenvalue weighted by Gasteiger charge is 2.36. The zero-order valence-corrected chi connectivity index (χ0v) is 12.7. The lowest BCUT2D eigenvalue weighted by molar-refractivity contribution is -0.133. The Labute approximate surface area is 120 Å². The van der Waals surface area contributed by atoms with Crippen molar-refractivity contribution in [2.24, 2.45) is 5.41 Å². The van der Waals surface area contributed by atoms with E-state index in [0.29, 0.717) is 12.8 Å². The number of carbonyl (C=O) groups is 2. The Bertz CT molecular complexity index is 427. The smallest absolute Gasteiger partial charge is 0.331 e. The van der Waals surface area contributed by atoms with Crippen molar-refractivity contribution in [3.63, 3.8) is 0 Å². The van der Waals surface area contributed by atoms with Crippen molar-refractivity contribution < 1.29 is 19.8 Å². The van der Waals surface area contributed by atoms with Gasteiger partial charge in [0, 0.05) is 17.7 Å². The van der Waals surface area contributed by atoms with E-state index < -0.39 is 17.5 Å². The van der Waals surface area contributed by atoms with E-state index in [1.807, 2.05) is 0 Å². The molecule has 114 valence electrons. The molecule has 0 bridgehead atoms. The second-order valence-corrected chi connectivity index (χ2v) is 6.63. The monoisotopic (exact) mass is 283 g/mol. The van der Waals surface area contributed by atoms with E-state index >= 15 is 0 Å². The van der Waals surface area contributed by atoms with Crippen molar-refractivity contribution in [1.29, 1.82) is 0 Å². The summed E-state index contributed by atoms with van der Waals surface area (Å²) < 4.78 is 0. The molecular weight excluding hydrogens is 258 g/mol. The van der Waals surface area contributed by atoms with Crippen molar-refractivity contribution in [3.8, 4) is 0 Å². The van der Waals surface area contributed by atoms with Gasteiger partial charge in [-0.15, -0.1) is 0 Å². The fourth-order valence-corrected chi connectivity index (χ4v) is 2.28. The van der Waals surface area contributed by atoms with Gasteiger partial charge >= 0.3 is 5.97 Å². The molecule has 1 aliphatic rings. The van der Waals surface area contributed by atoms with Gasteiger partial charge in [-0.05, 0) is 44.9 Å². The molecule has 20 heavy (non-hydrogen) atoms. The van der Waals surface area contributed by atoms with Crippen LogP contribution in [0.25, 0.3) is 0 Å². The molecule has 3 N–H and O–H groups in total. The molecule has 1 aliphatic carbocycles. The van der Waals surface area contributed by atoms with Gasteiger partial charge in [-0.1, -0.05) is 13.8 Å². The van der Waals surface area contributed by atoms with Gasteiger partial charge < -0.3 is 15.5 Å². The van der Waals surface area contributed by atoms with Crippen molar-refractivity contribution in [2.45, 2.75) is 59.0 Å². The number of carboxylic acids is 1. The third kappa shape index (κ3) is 4.34. The van der Waals surface area contributed by atoms with Gasteiger partial charge in [-0.2, -0.15) is 0 Å². The first kappa shape index (κ1) is 16.7. The predicted octanol–water partition coefficient (Wildman–Crippen LogP) is 1.85. The number of aliphatic hydroxyl groups is 1. The van der Waals surface area contributed by atoms with Gasteiger partial charge in [0.25, 0.3) is 0 Å². The molecule has 1 rings (SSSR count). The Kier molecular flexibility index (Phi) is 4.97. The number of aliphatic carboxylic acids is 1. The summed E-state index contributed by atoms with van der Waals surface area (Å²) in [6, 6.07) is 0. The van der Waals surface area contributed by atoms with E-state index in [0.717, 1.165) is 12.8 Å². The summed E-state index contributed by atoms with van der Waals surface area (Å²) >= 11 is 0. The van der Waals surface area contributed by atoms with Gasteiger partial charge in [0.05, 0.1) is 5.60 Å². The first-order valence-corrected chi connectivity index (χ1v) is 6.98. The van der Waals surface area contributed by atoms with Crippen LogP contribution in [0.1, 0.15) is 53.4 Å². The van der Waals surface area contributed by atoms with Crippen LogP contribution < -0.4 is 5.32 Å². The molecule has 0 aliphatic heterocycles. The average molecular weight is 283 g/mol. The fraction of sp³-hybridized carbons (Fsp3) is 0.733. The van der Waals surface area contributed by atoms with Gasteiger partial charge in [0.2, 0.25) is 5.91 Å². The Balaban J connectivity index is 2.58. The number of carbonyl (C=O) groups excluding carboxylic acids is 1. The summed E-state index contributed by atoms with van der Waals surface area (Å²) in [7, 11) is 0. The third-order valence-electron chi connectivity index (χ3n) is 4.34. The number of amides is 1. The first-order valence-electron chi connectivity index (χ1n) is 6.98. The van der Waals surface area contributed by atoms with Crippen LogP contribution in [0.2, 0.25) is 0 Å². The van der Waals surface area contributed by atoms with Crippen LogP contribution in [0.5, 0.6) is 0 Å². The predicted molar refractivity (Wildman–Crippen MR) is 76.2 cm³/mol. The Morgan fingerprint density at radius 3 is 2.00 bits per heavy atom. The second kappa shape index (κ2) is 5.95. The van der Waals surface area contributed by atoms with Crippen molar-refractivity contribution in [1.82, 2.24) is 5.32 Å². The topological polar surface area (TPSA) is 86.6 Å². The van der Waals surface area contributed by atoms with Crippen LogP contribution in [-0.4, -0.2) is 34.2 Å². The Morgan fingerprint density at radius 2 is 1.55 bits per heavy atom. The molecule has 0 heterocycles. The normalized spacial score (nSPS) is 21.9. The zero-order chi connectivity index (χ0) is 15.6. The maximum atomic E-state index is 11.9. The van der Waals surface area contributed by atoms with Crippen LogP contribution in [-0.2, 0) is 9.59 Å². The summed E-state index contributed by atoms with van der Waals surface area (Å²) in [6.45, 7) is 7.40. The summed E-state index contributed by atoms with van der Waals surface area (Å²) in [5.41, 5.74) is -0.425. The first-order chi connectivity index (χ1) is 9.06. The van der Waals surface area contributed by atoms with Gasteiger partial charge in [-0.25, -0.2) is 4.79 Å². The van der Waals surface area contributed by atoms with E-state index in [9.17, 15) is 14.7 Å². The molecule has 0 saturated heterocycles. The molecule has 0 unspecified atom stereocenters. The maximum absolute atomic E-state index is 11.9. The molecule has 0 radical (unpaired) electrons. The summed E-state index contributed by atoms with van der Waals surface area (Å²) in [4.78, 5) is 22.7. The van der Waals surface area contributed by atoms with Gasteiger partial charge in [0.15, 0.2) is 0 Å². The highest BCUT2D eigenvalue weighted by atomic mass is 16.4. The number of rotatable bonds is 4. The van der Waals surface area contributed by atoms with Crippen LogP contribution in [0.3, 0.4) is 0 Å². The number of carboxylic acid groups (broad SMARTS) is 1. The van der Waals surface area contributed by atoms with E-state index in [2.05, 4.69) is 19.2 Å². The standard InChI is InChI=1S/C15H25NO4/c1-10(11(2)13(18)19)12(17)16-9-15(20)7-5-14(3,4)6-8-15/h20H,5-9H2,1-4H3,(H,16,17)(H,18,19). The Morgan fingerprint density at radius 1 is 1.05 bits per heavy atom. The largest absolute Gasteiger partial charge is 0.478 e. The highest BCUT2D eigenvalue weighted by Crippen LogP contribution is 2.39. The van der Waals surface area contributed by atoms with E-state index in [-0.39, 0.29) is 23.1 Å². The lowest BCUT2D eigenvalue weighted by Gasteiger charge is -2.40. The van der Waals surface area contributed by atoms with Crippen LogP contribution >= 0.6 is 0 Å². The van der Waals surface area contributed by atoms with Crippen molar-refractivity contribution >= 4 is 11.9 Å². The molecule has 0 aromatic rings. The molecule has 0 spiro atoms. The number of hydrogen-bond donors (Lipinski definition) is 3. The van der Waals surface area contributed by atoms with E-state index in [1.54, 1.807) is 0 Å². The van der Waals surface area contributed by atoms with E-state index in [1.165, 1.54) is 13.8 Å². The highest BCUT2D eigenvalue weighted by molar-refractivity contribution is 6.01. The van der Waals surface area contributed by atoms with E-state index in [4.69, 9.17) is 5.11 Å². The minimum absolute atomic E-state index is 0.0271. The zero-order valence-electron chi connectivity index (χ0n) is 12.7. The molecule has 0 atom stereocenters. The molecular formula is C15H25NO4. The van der Waals surface area contributed by atoms with Crippen molar-refractivity contribution in [3.05, 3.63) is 11.1 Å². The van der Waals surface area contributed by atoms with Crippen LogP contribution in [0.4, 0.5) is 0 Å². The lowest BCUT2D eigenvalue weighted by Crippen LogP contribution is -2.46. The van der Waals surface area contributed by atoms with Gasteiger partial charge in [-0.3, -0.25) is 4.79 Å². The SMILES string of the molecule is CC(C(=O)O)=C(C)C(=O)NCC1(O)CCC(C)(C)CC1. The minimum Gasteiger partial charge on any atom is -0.478 e. The van der Waals surface area contributed by atoms with Crippen LogP contribution in [0.15, 0.2) is 11.1 Å². The quantitative estimate of drug-likeness (QED) is 0.687. The molecule has 1 amide bonds. The summed E-state index contributed by atoms with van der Waals surface area (Å²) in [6.07, 6.45) is 3.15. The molecule has 0 aromatic heterocycles. The molecule has 5 nitrogen and oxygen atoms in total. The maximum Gasteiger partial charge on any atom is 0.331 e. The third-order valence-corrected chi connectivity index (χ3v) is 4.34. The van der Waals surface area contributed by atoms with Gasteiger partial charge in [0.1, 0.15) is 0 Å². The van der Waals surface area contributed by atoms with Crippen molar-refractivity contribution in [2.75, 3.05) is 6.54 Å². The fourth-order valence-electron chi connectivity index (χ4n) is 2.28. The average Bonchev–Trinajstić information content (AvgIpc) is 2.38. The number of nitrogens with one attached hydrogen (secondary N) is 1. The molecule has 0 aromatic carbocycles. The molecule has 1 fully saturated rings. The van der Waals surface area contributed by atoms with Crippen LogP contribution in [0, 0.1) is 5.41 Å². The Hall–Kier alpha value is -1.36. The molecule has 1 saturated carbocycles. The number of hydrogen-bond acceptors (Lipinski definition) is 3.